The van der Waals surface area contributed by atoms with E-state index in [4.69, 9.17) is 9.47 Å². The van der Waals surface area contributed by atoms with Gasteiger partial charge in [-0.3, -0.25) is 0 Å². The lowest BCUT2D eigenvalue weighted by Crippen LogP contribution is -2.17. The molecule has 0 saturated carbocycles. The van der Waals surface area contributed by atoms with Crippen molar-refractivity contribution in [2.45, 2.75) is 33.8 Å². The van der Waals surface area contributed by atoms with E-state index in [0.717, 1.165) is 5.56 Å². The SMILES string of the molecule is CCOC(=O)/C=C(\C)OC(C#Cc1ccccc1)C(C)C. The van der Waals surface area contributed by atoms with E-state index in [9.17, 15) is 4.79 Å². The summed E-state index contributed by atoms with van der Waals surface area (Å²) in [7, 11) is 0. The summed E-state index contributed by atoms with van der Waals surface area (Å²) in [6, 6.07) is 9.74. The Hall–Kier alpha value is -2.21. The van der Waals surface area contributed by atoms with Gasteiger partial charge in [0.25, 0.3) is 0 Å². The highest BCUT2D eigenvalue weighted by molar-refractivity contribution is 5.82. The first kappa shape index (κ1) is 16.8. The van der Waals surface area contributed by atoms with Gasteiger partial charge in [-0.05, 0) is 26.0 Å². The molecule has 0 N–H and O–H groups in total. The minimum atomic E-state index is -0.395. The van der Waals surface area contributed by atoms with Crippen molar-refractivity contribution in [1.29, 1.82) is 0 Å². The third-order valence-electron chi connectivity index (χ3n) is 2.66. The Morgan fingerprint density at radius 1 is 1.29 bits per heavy atom. The van der Waals surface area contributed by atoms with Gasteiger partial charge in [-0.25, -0.2) is 4.79 Å². The summed E-state index contributed by atoms with van der Waals surface area (Å²) >= 11 is 0. The van der Waals surface area contributed by atoms with Crippen LogP contribution >= 0.6 is 0 Å². The van der Waals surface area contributed by atoms with Crippen molar-refractivity contribution in [2.24, 2.45) is 5.92 Å². The molecule has 3 nitrogen and oxygen atoms in total. The second kappa shape index (κ2) is 8.86. The van der Waals surface area contributed by atoms with Gasteiger partial charge >= 0.3 is 5.97 Å². The normalized spacial score (nSPS) is 12.3. The van der Waals surface area contributed by atoms with E-state index in [1.807, 2.05) is 44.2 Å². The number of benzene rings is 1. The highest BCUT2D eigenvalue weighted by atomic mass is 16.5. The summed E-state index contributed by atoms with van der Waals surface area (Å²) in [5.74, 6) is 6.53. The van der Waals surface area contributed by atoms with Crippen molar-refractivity contribution in [3.63, 3.8) is 0 Å². The zero-order chi connectivity index (χ0) is 15.7. The Balaban J connectivity index is 2.75. The summed E-state index contributed by atoms with van der Waals surface area (Å²) in [5, 5.41) is 0. The fourth-order valence-corrected chi connectivity index (χ4v) is 1.59. The van der Waals surface area contributed by atoms with Crippen LogP contribution in [0.2, 0.25) is 0 Å². The van der Waals surface area contributed by atoms with Crippen molar-refractivity contribution in [3.8, 4) is 11.8 Å². The molecule has 1 unspecified atom stereocenters. The van der Waals surface area contributed by atoms with Crippen molar-refractivity contribution < 1.29 is 14.3 Å². The number of ether oxygens (including phenoxy) is 2. The molecule has 0 aliphatic rings. The highest BCUT2D eigenvalue weighted by Crippen LogP contribution is 2.11. The Labute approximate surface area is 127 Å². The minimum Gasteiger partial charge on any atom is -0.482 e. The van der Waals surface area contributed by atoms with Gasteiger partial charge in [-0.1, -0.05) is 43.9 Å². The van der Waals surface area contributed by atoms with Crippen LogP contribution in [0.5, 0.6) is 0 Å². The lowest BCUT2D eigenvalue weighted by Gasteiger charge is -2.17. The quantitative estimate of drug-likeness (QED) is 0.359. The van der Waals surface area contributed by atoms with Crippen LogP contribution in [0.15, 0.2) is 42.2 Å². The van der Waals surface area contributed by atoms with E-state index < -0.39 is 5.97 Å². The molecule has 0 aliphatic heterocycles. The molecule has 0 spiro atoms. The predicted molar refractivity (Wildman–Crippen MR) is 83.4 cm³/mol. The van der Waals surface area contributed by atoms with Gasteiger partial charge in [0.2, 0.25) is 0 Å². The molecule has 0 fully saturated rings. The van der Waals surface area contributed by atoms with Gasteiger partial charge in [0, 0.05) is 11.5 Å². The second-order valence-electron chi connectivity index (χ2n) is 4.92. The van der Waals surface area contributed by atoms with Crippen LogP contribution in [-0.4, -0.2) is 18.7 Å². The maximum absolute atomic E-state index is 11.4. The summed E-state index contributed by atoms with van der Waals surface area (Å²) in [6.45, 7) is 7.91. The van der Waals surface area contributed by atoms with E-state index in [0.29, 0.717) is 12.4 Å². The fourth-order valence-electron chi connectivity index (χ4n) is 1.59. The Kier molecular flexibility index (Phi) is 7.11. The number of hydrogen-bond acceptors (Lipinski definition) is 3. The molecule has 112 valence electrons. The third-order valence-corrected chi connectivity index (χ3v) is 2.66. The summed E-state index contributed by atoms with van der Waals surface area (Å²) in [4.78, 5) is 11.4. The van der Waals surface area contributed by atoms with Crippen molar-refractivity contribution in [3.05, 3.63) is 47.7 Å². The number of rotatable bonds is 5. The molecule has 0 aromatic heterocycles. The van der Waals surface area contributed by atoms with Gasteiger partial charge in [0.1, 0.15) is 5.76 Å². The molecule has 0 aliphatic carbocycles. The van der Waals surface area contributed by atoms with Gasteiger partial charge in [-0.2, -0.15) is 0 Å². The van der Waals surface area contributed by atoms with E-state index in [2.05, 4.69) is 11.8 Å². The maximum atomic E-state index is 11.4. The van der Waals surface area contributed by atoms with Gasteiger partial charge in [0.05, 0.1) is 12.7 Å². The van der Waals surface area contributed by atoms with Crippen LogP contribution in [0, 0.1) is 17.8 Å². The maximum Gasteiger partial charge on any atom is 0.334 e. The molecule has 0 radical (unpaired) electrons. The summed E-state index contributed by atoms with van der Waals surface area (Å²) in [6.07, 6.45) is 1.08. The largest absolute Gasteiger partial charge is 0.482 e. The molecule has 1 aromatic rings. The zero-order valence-electron chi connectivity index (χ0n) is 13.1. The average Bonchev–Trinajstić information content (AvgIpc) is 2.44. The van der Waals surface area contributed by atoms with Crippen LogP contribution in [0.1, 0.15) is 33.3 Å². The minimum absolute atomic E-state index is 0.215. The van der Waals surface area contributed by atoms with E-state index in [1.165, 1.54) is 6.08 Å². The van der Waals surface area contributed by atoms with Crippen LogP contribution in [0.4, 0.5) is 0 Å². The summed E-state index contributed by atoms with van der Waals surface area (Å²) < 4.78 is 10.6. The molecule has 1 atom stereocenters. The second-order valence-corrected chi connectivity index (χ2v) is 4.92. The van der Waals surface area contributed by atoms with Crippen LogP contribution in [0.3, 0.4) is 0 Å². The van der Waals surface area contributed by atoms with Gasteiger partial charge in [-0.15, -0.1) is 0 Å². The molecule has 0 amide bonds. The molecule has 3 heteroatoms. The molecule has 1 aromatic carbocycles. The lowest BCUT2D eigenvalue weighted by molar-refractivity contribution is -0.137. The van der Waals surface area contributed by atoms with Gasteiger partial charge in [0.15, 0.2) is 6.10 Å². The number of esters is 1. The van der Waals surface area contributed by atoms with E-state index in [1.54, 1.807) is 13.8 Å². The zero-order valence-corrected chi connectivity index (χ0v) is 13.1. The first-order chi connectivity index (χ1) is 10.0. The van der Waals surface area contributed by atoms with Crippen molar-refractivity contribution in [2.75, 3.05) is 6.61 Å². The highest BCUT2D eigenvalue weighted by Gasteiger charge is 2.12. The van der Waals surface area contributed by atoms with Crippen molar-refractivity contribution >= 4 is 5.97 Å². The first-order valence-electron chi connectivity index (χ1n) is 7.11. The first-order valence-corrected chi connectivity index (χ1v) is 7.11. The molecule has 0 bridgehead atoms. The monoisotopic (exact) mass is 286 g/mol. The Morgan fingerprint density at radius 2 is 1.95 bits per heavy atom. The predicted octanol–water partition coefficient (Wildman–Crippen LogP) is 3.55. The summed E-state index contributed by atoms with van der Waals surface area (Å²) in [5.41, 5.74) is 0.943. The average molecular weight is 286 g/mol. The molecular formula is C18H22O3. The molecular weight excluding hydrogens is 264 g/mol. The van der Waals surface area contributed by atoms with Gasteiger partial charge < -0.3 is 9.47 Å². The van der Waals surface area contributed by atoms with Crippen LogP contribution in [0.25, 0.3) is 0 Å². The smallest absolute Gasteiger partial charge is 0.334 e. The van der Waals surface area contributed by atoms with Crippen LogP contribution < -0.4 is 0 Å². The number of allylic oxidation sites excluding steroid dienone is 1. The van der Waals surface area contributed by atoms with Crippen molar-refractivity contribution in [1.82, 2.24) is 0 Å². The Bertz CT molecular complexity index is 533. The molecule has 21 heavy (non-hydrogen) atoms. The standard InChI is InChI=1S/C18H22O3/c1-5-20-18(19)13-15(4)21-17(14(2)3)12-11-16-9-7-6-8-10-16/h6-10,13-14,17H,5H2,1-4H3/b15-13+. The van der Waals surface area contributed by atoms with E-state index >= 15 is 0 Å². The number of carbonyl (C=O) groups is 1. The molecule has 0 saturated heterocycles. The third kappa shape index (κ3) is 6.67. The topological polar surface area (TPSA) is 35.5 Å². The number of hydrogen-bond donors (Lipinski definition) is 0. The molecule has 0 heterocycles. The lowest BCUT2D eigenvalue weighted by atomic mass is 10.1. The van der Waals surface area contributed by atoms with E-state index in [-0.39, 0.29) is 12.0 Å². The molecule has 1 rings (SSSR count). The fraction of sp³-hybridized carbons (Fsp3) is 0.389. The number of carbonyl (C=O) groups excluding carboxylic acids is 1. The van der Waals surface area contributed by atoms with Crippen LogP contribution in [-0.2, 0) is 14.3 Å². The Morgan fingerprint density at radius 3 is 2.52 bits per heavy atom.